The largest absolute Gasteiger partial charge is 0.393 e. The number of fused-ring (bicyclic) bond motifs is 1. The van der Waals surface area contributed by atoms with Crippen molar-refractivity contribution in [3.05, 3.63) is 27.0 Å². The van der Waals surface area contributed by atoms with Crippen LogP contribution >= 0.6 is 24.0 Å². The van der Waals surface area contributed by atoms with Gasteiger partial charge in [-0.1, -0.05) is 0 Å². The van der Waals surface area contributed by atoms with E-state index < -0.39 is 0 Å². The van der Waals surface area contributed by atoms with Gasteiger partial charge in [-0.2, -0.15) is 9.61 Å². The average molecular weight is 286 g/mol. The lowest BCUT2D eigenvalue weighted by Crippen LogP contribution is -2.19. The molecule has 0 spiro atoms. The number of aromatic amines is 2. The Morgan fingerprint density at radius 1 is 1.67 bits per heavy atom. The van der Waals surface area contributed by atoms with Crippen molar-refractivity contribution in [3.63, 3.8) is 0 Å². The molecule has 3 N–H and O–H groups in total. The van der Waals surface area contributed by atoms with Gasteiger partial charge >= 0.3 is 5.69 Å². The van der Waals surface area contributed by atoms with Crippen LogP contribution in [0.3, 0.4) is 0 Å². The van der Waals surface area contributed by atoms with Gasteiger partial charge in [0.2, 0.25) is 0 Å². The number of H-pyrrole nitrogens is 2. The van der Waals surface area contributed by atoms with Gasteiger partial charge in [-0.05, 0) is 12.2 Å². The quantitative estimate of drug-likeness (QED) is 0.683. The third-order valence-electron chi connectivity index (χ3n) is 2.69. The summed E-state index contributed by atoms with van der Waals surface area (Å²) >= 11 is 6.47. The number of nitrogens with zero attached hydrogens (tertiary/aromatic N) is 2. The number of ether oxygens (including phenoxy) is 1. The molecule has 1 fully saturated rings. The Kier molecular flexibility index (Phi) is 2.98. The van der Waals surface area contributed by atoms with Crippen LogP contribution in [0.2, 0.25) is 0 Å². The van der Waals surface area contributed by atoms with E-state index in [1.807, 2.05) is 0 Å². The number of aliphatic hydroxyl groups is 1. The van der Waals surface area contributed by atoms with Crippen molar-refractivity contribution in [3.8, 4) is 0 Å². The van der Waals surface area contributed by atoms with Crippen molar-refractivity contribution in [2.24, 2.45) is 0 Å². The Labute approximate surface area is 110 Å². The molecule has 7 nitrogen and oxygen atoms in total. The van der Waals surface area contributed by atoms with Crippen LogP contribution in [0.15, 0.2) is 11.0 Å². The van der Waals surface area contributed by atoms with Crippen molar-refractivity contribution in [1.82, 2.24) is 19.6 Å². The zero-order chi connectivity index (χ0) is 12.7. The molecule has 18 heavy (non-hydrogen) atoms. The third kappa shape index (κ3) is 1.88. The molecule has 2 aromatic rings. The molecule has 0 unspecified atom stereocenters. The summed E-state index contributed by atoms with van der Waals surface area (Å²) in [5.41, 5.74) is 0.697. The first kappa shape index (κ1) is 11.9. The summed E-state index contributed by atoms with van der Waals surface area (Å²) in [6.45, 7) is -0.0308. The predicted molar refractivity (Wildman–Crippen MR) is 68.2 cm³/mol. The van der Waals surface area contributed by atoms with Crippen molar-refractivity contribution < 1.29 is 9.84 Å². The molecular formula is C9H10N4O3S2. The maximum Gasteiger partial charge on any atom is 0.350 e. The number of aliphatic hydroxyl groups excluding tert-OH is 1. The van der Waals surface area contributed by atoms with Gasteiger partial charge in [0.25, 0.3) is 0 Å². The minimum absolute atomic E-state index is 0.0308. The number of hydrogen-bond donors (Lipinski definition) is 3. The highest BCUT2D eigenvalue weighted by atomic mass is 32.2. The molecule has 0 aliphatic carbocycles. The summed E-state index contributed by atoms with van der Waals surface area (Å²) in [4.78, 5) is 17.0. The molecular weight excluding hydrogens is 276 g/mol. The van der Waals surface area contributed by atoms with E-state index in [0.717, 1.165) is 5.56 Å². The Morgan fingerprint density at radius 3 is 3.22 bits per heavy atom. The summed E-state index contributed by atoms with van der Waals surface area (Å²) in [5, 5.41) is 13.0. The zero-order valence-electron chi connectivity index (χ0n) is 9.12. The highest BCUT2D eigenvalue weighted by Gasteiger charge is 2.29. The van der Waals surface area contributed by atoms with Crippen LogP contribution in [0, 0.1) is 4.77 Å². The topological polar surface area (TPSA) is 95.4 Å². The SMILES string of the molecule is O=c1[nH]c(=S)[nH]c2c([C@@H]3CS[C@H](CO)O3)cnn12. The molecule has 2 aromatic heterocycles. The average Bonchev–Trinajstić information content (AvgIpc) is 2.93. The van der Waals surface area contributed by atoms with Crippen LogP contribution in [0.5, 0.6) is 0 Å². The van der Waals surface area contributed by atoms with Gasteiger partial charge in [0.15, 0.2) is 4.77 Å². The first-order chi connectivity index (χ1) is 8.69. The van der Waals surface area contributed by atoms with Crippen molar-refractivity contribution in [1.29, 1.82) is 0 Å². The molecule has 1 saturated heterocycles. The Morgan fingerprint density at radius 2 is 2.50 bits per heavy atom. The minimum Gasteiger partial charge on any atom is -0.393 e. The maximum atomic E-state index is 11.6. The van der Waals surface area contributed by atoms with E-state index in [-0.39, 0.29) is 28.6 Å². The van der Waals surface area contributed by atoms with Crippen molar-refractivity contribution in [2.75, 3.05) is 12.4 Å². The van der Waals surface area contributed by atoms with E-state index in [2.05, 4.69) is 15.1 Å². The summed E-state index contributed by atoms with van der Waals surface area (Å²) in [6.07, 6.45) is 1.39. The Bertz CT molecular complexity index is 691. The van der Waals surface area contributed by atoms with E-state index >= 15 is 0 Å². The molecule has 0 amide bonds. The van der Waals surface area contributed by atoms with Crippen LogP contribution in [0.25, 0.3) is 5.65 Å². The molecule has 9 heteroatoms. The first-order valence-electron chi connectivity index (χ1n) is 5.27. The second-order valence-corrected chi connectivity index (χ2v) is 5.42. The van der Waals surface area contributed by atoms with E-state index in [4.69, 9.17) is 22.1 Å². The van der Waals surface area contributed by atoms with Crippen LogP contribution < -0.4 is 5.69 Å². The maximum absolute atomic E-state index is 11.6. The van der Waals surface area contributed by atoms with E-state index in [1.54, 1.807) is 6.20 Å². The number of rotatable bonds is 2. The molecule has 2 atom stereocenters. The van der Waals surface area contributed by atoms with Crippen molar-refractivity contribution in [2.45, 2.75) is 11.5 Å². The second kappa shape index (κ2) is 4.50. The molecule has 0 bridgehead atoms. The summed E-state index contributed by atoms with van der Waals surface area (Å²) < 4.78 is 7.10. The fraction of sp³-hybridized carbons (Fsp3) is 0.444. The molecule has 0 radical (unpaired) electrons. The lowest BCUT2D eigenvalue weighted by molar-refractivity contribution is 0.0350. The third-order valence-corrected chi connectivity index (χ3v) is 4.02. The number of aromatic nitrogens is 4. The normalized spacial score (nSPS) is 23.8. The smallest absolute Gasteiger partial charge is 0.350 e. The number of nitrogens with one attached hydrogen (secondary N) is 2. The molecule has 0 aromatic carbocycles. The van der Waals surface area contributed by atoms with E-state index in [1.165, 1.54) is 16.3 Å². The minimum atomic E-state index is -0.385. The molecule has 3 heterocycles. The van der Waals surface area contributed by atoms with E-state index in [9.17, 15) is 4.79 Å². The van der Waals surface area contributed by atoms with E-state index in [0.29, 0.717) is 11.4 Å². The molecule has 3 rings (SSSR count). The fourth-order valence-electron chi connectivity index (χ4n) is 1.88. The summed E-state index contributed by atoms with van der Waals surface area (Å²) in [6, 6.07) is 0. The zero-order valence-corrected chi connectivity index (χ0v) is 10.8. The van der Waals surface area contributed by atoms with Gasteiger partial charge in [0.1, 0.15) is 11.1 Å². The second-order valence-electron chi connectivity index (χ2n) is 3.81. The van der Waals surface area contributed by atoms with Gasteiger partial charge in [0, 0.05) is 11.3 Å². The van der Waals surface area contributed by atoms with Gasteiger partial charge in [-0.15, -0.1) is 11.8 Å². The van der Waals surface area contributed by atoms with Crippen LogP contribution in [0.4, 0.5) is 0 Å². The number of hydrogen-bond acceptors (Lipinski definition) is 6. The van der Waals surface area contributed by atoms with Gasteiger partial charge in [0.05, 0.1) is 18.9 Å². The monoisotopic (exact) mass is 286 g/mol. The van der Waals surface area contributed by atoms with Crippen LogP contribution in [-0.4, -0.2) is 42.5 Å². The molecule has 1 aliphatic heterocycles. The molecule has 1 aliphatic rings. The van der Waals surface area contributed by atoms with Gasteiger partial charge in [-0.3, -0.25) is 4.98 Å². The standard InChI is InChI=1S/C9H10N4O3S2/c14-2-6-16-5(3-18-6)4-1-10-13-7(4)11-8(17)12-9(13)15/h1,5-6,14H,2-3H2,(H2,11,12,15,17)/t5-,6+/m0/s1. The van der Waals surface area contributed by atoms with Gasteiger partial charge in [-0.25, -0.2) is 4.79 Å². The molecule has 0 saturated carbocycles. The Balaban J connectivity index is 2.08. The lowest BCUT2D eigenvalue weighted by Gasteiger charge is -2.09. The molecule has 96 valence electrons. The summed E-state index contributed by atoms with van der Waals surface area (Å²) in [7, 11) is 0. The van der Waals surface area contributed by atoms with Gasteiger partial charge < -0.3 is 14.8 Å². The van der Waals surface area contributed by atoms with Crippen LogP contribution in [0.1, 0.15) is 11.7 Å². The highest BCUT2D eigenvalue weighted by Crippen LogP contribution is 2.35. The fourth-order valence-corrected chi connectivity index (χ4v) is 3.03. The Hall–Kier alpha value is -1.16. The first-order valence-corrected chi connectivity index (χ1v) is 6.73. The van der Waals surface area contributed by atoms with Crippen molar-refractivity contribution >= 4 is 29.6 Å². The highest BCUT2D eigenvalue weighted by molar-refractivity contribution is 8.00. The predicted octanol–water partition coefficient (Wildman–Crippen LogP) is 0.203. The number of thioether (sulfide) groups is 1. The lowest BCUT2D eigenvalue weighted by atomic mass is 10.2. The summed E-state index contributed by atoms with van der Waals surface area (Å²) in [5.74, 6) is 0.708. The van der Waals surface area contributed by atoms with Crippen LogP contribution in [-0.2, 0) is 4.74 Å².